The number of phenolic OH excluding ortho intramolecular Hbond substituents is 4. The van der Waals surface area contributed by atoms with Crippen molar-refractivity contribution >= 4 is 175 Å². The van der Waals surface area contributed by atoms with E-state index in [1.54, 1.807) is 208 Å². The number of hydrogen-bond donors (Lipinski definition) is 11. The lowest BCUT2D eigenvalue weighted by molar-refractivity contribution is 0.0986. The molecule has 8 aromatic heterocycles. The molecule has 0 spiro atoms. The van der Waals surface area contributed by atoms with Gasteiger partial charge in [0.25, 0.3) is 53.2 Å². The normalized spacial score (nSPS) is 11.2. The number of para-hydroxylation sites is 2. The predicted octanol–water partition coefficient (Wildman–Crippen LogP) is 18.9. The Balaban J connectivity index is 0.000000134. The number of amides is 7. The van der Waals surface area contributed by atoms with Crippen LogP contribution in [0.25, 0.3) is 54.2 Å². The maximum Gasteiger partial charge on any atom is 0.272 e. The number of rotatable bonds is 21. The summed E-state index contributed by atoms with van der Waals surface area (Å²) in [5.41, 5.74) is 20.8. The number of hydrogen-bond acceptors (Lipinski definition) is 31. The van der Waals surface area contributed by atoms with Gasteiger partial charge in [-0.05, 0) is 133 Å². The molecule has 18 aromatic rings. The number of aromatic hydroxyl groups is 4. The van der Waals surface area contributed by atoms with Crippen LogP contribution < -0.4 is 38.5 Å². The number of aryl methyl sites for hydroxylation is 2. The zero-order valence-electron chi connectivity index (χ0n) is 68.6. The number of nitrogens with two attached hydrogens (primary N) is 3. The van der Waals surface area contributed by atoms with E-state index in [1.165, 1.54) is 57.9 Å². The number of carbonyl (C=O) groups is 7. The van der Waals surface area contributed by atoms with Gasteiger partial charge in [-0.3, -0.25) is 38.5 Å². The Morgan fingerprint density at radius 2 is 0.878 bits per heavy atom. The lowest BCUT2D eigenvalue weighted by Gasteiger charge is -2.11. The van der Waals surface area contributed by atoms with Gasteiger partial charge in [-0.15, -0.1) is 57.3 Å². The summed E-state index contributed by atoms with van der Waals surface area (Å²) in [4.78, 5) is 108. The summed E-state index contributed by atoms with van der Waals surface area (Å²) >= 11 is 2.25. The topological polar surface area (TPSA) is 564 Å². The second-order valence-electron chi connectivity index (χ2n) is 27.9. The number of aromatic nitrogens is 11. The third-order valence-corrected chi connectivity index (χ3v) is 20.9. The van der Waals surface area contributed by atoms with Crippen LogP contribution in [0.3, 0.4) is 0 Å². The molecule has 8 heterocycles. The maximum absolute atomic E-state index is 13.0. The molecular weight excluding hydrogens is 1710 g/mol. The van der Waals surface area contributed by atoms with Crippen molar-refractivity contribution in [2.75, 3.05) is 21.3 Å². The van der Waals surface area contributed by atoms with Gasteiger partial charge < -0.3 is 63.4 Å². The first kappa shape index (κ1) is 87.3. The molecule has 38 nitrogen and oxygen atoms in total. The zero-order valence-corrected chi connectivity index (χ0v) is 70.2. The first-order valence-corrected chi connectivity index (χ1v) is 40.6. The summed E-state index contributed by atoms with van der Waals surface area (Å²) in [6.07, 6.45) is 11.9. The minimum Gasteiger partial charge on any atom is -0.505 e. The van der Waals surface area contributed by atoms with E-state index >= 15 is 0 Å². The fourth-order valence-electron chi connectivity index (χ4n) is 12.9. The fraction of sp³-hybridized carbons (Fsp3) is 0.0330. The Hall–Kier alpha value is -18.6. The van der Waals surface area contributed by atoms with E-state index in [9.17, 15) is 54.0 Å². The monoisotopic (exact) mass is 1780 g/mol. The Bertz CT molecular complexity index is 7530. The van der Waals surface area contributed by atoms with Crippen molar-refractivity contribution in [3.8, 4) is 34.1 Å². The molecule has 0 fully saturated rings. The number of carbonyl (C=O) groups excluding carboxylic acids is 7. The number of thiazole rings is 1. The van der Waals surface area contributed by atoms with Crippen molar-refractivity contribution < 1.29 is 58.5 Å². The van der Waals surface area contributed by atoms with Gasteiger partial charge in [-0.2, -0.15) is 14.2 Å². The predicted molar refractivity (Wildman–Crippen MR) is 489 cm³/mol. The number of primary amides is 3. The summed E-state index contributed by atoms with van der Waals surface area (Å²) < 4.78 is 11.8. The van der Waals surface area contributed by atoms with Crippen molar-refractivity contribution in [1.29, 1.82) is 0 Å². The van der Waals surface area contributed by atoms with Crippen LogP contribution in [0, 0.1) is 20.8 Å². The number of phenols is 4. The second kappa shape index (κ2) is 39.5. The fourth-order valence-corrected chi connectivity index (χ4v) is 14.2. The average Bonchev–Trinajstić information content (AvgIpc) is 1.75. The molecule has 7 amide bonds. The van der Waals surface area contributed by atoms with E-state index in [2.05, 4.69) is 107 Å². The number of nitrogens with one attached hydrogen (secondary N) is 4. The van der Waals surface area contributed by atoms with Crippen molar-refractivity contribution in [1.82, 2.24) is 54.0 Å². The Labute approximate surface area is 747 Å². The molecule has 0 aliphatic carbocycles. The molecule has 0 bridgehead atoms. The molecule has 0 atom stereocenters. The summed E-state index contributed by atoms with van der Waals surface area (Å²) in [5.74, 6) is -4.91. The molecule has 0 saturated heterocycles. The lowest BCUT2D eigenvalue weighted by atomic mass is 10.0. The summed E-state index contributed by atoms with van der Waals surface area (Å²) in [6.45, 7) is 5.26. The van der Waals surface area contributed by atoms with Crippen LogP contribution in [0.4, 0.5) is 68.0 Å². The number of fused-ring (bicyclic) bond motifs is 4. The van der Waals surface area contributed by atoms with Gasteiger partial charge in [0.15, 0.2) is 33.7 Å². The van der Waals surface area contributed by atoms with Gasteiger partial charge in [-0.1, -0.05) is 145 Å². The first-order chi connectivity index (χ1) is 63.5. The highest BCUT2D eigenvalue weighted by atomic mass is 32.1. The molecule has 14 N–H and O–H groups in total. The third-order valence-electron chi connectivity index (χ3n) is 19.4. The Kier molecular flexibility index (Phi) is 26.3. The van der Waals surface area contributed by atoms with Crippen molar-refractivity contribution in [2.45, 2.75) is 20.8 Å². The molecule has 10 aromatic carbocycles. The van der Waals surface area contributed by atoms with Gasteiger partial charge in [0, 0.05) is 92.9 Å². The standard InChI is InChI=1S/C24H17N9O3.C24H17N7O3S.C22H17N5O3S.C21H17N5O3/c25-21(35)18-13-33(24-27-8-3-9-28-24)32-22(18)31-30-19-16-5-2-1-4-14(16)12-17(20(19)34)23(36)29-15-6-10-26-11-7-15;25-22(33)20-18(13-27-31(20)24-26-10-11-35-24)29-30-19-16-9-5-4-6-14(16)12-17(21(19)32)23(34)28-15-7-2-1-3-8-15;1-12-17(20(23)29)22(31-27-12)26-25-18-15-10-6-5-7-13(15)11-16(19(18)28)21(30)24-14-8-3-2-4-9-14;1-12-13(2)26-29-21(12)25-24-18-15-8-4-3-7-14(15)11-16(19(18)27)20(28)23-17-9-5-6-10-22-17/h1-13,34H,(H2,25,35)(H,26,29,36);1-13,32H,(H2,25,33)(H,28,34);2-11,28H,1H3,(H2,23,29)(H,24,30);3-11,27H,1-2H3,(H,22,23,28). The van der Waals surface area contributed by atoms with E-state index < -0.39 is 47.1 Å². The number of nitrogens with zero attached hydrogens (tertiary/aromatic N) is 19. The Morgan fingerprint density at radius 3 is 1.33 bits per heavy atom. The van der Waals surface area contributed by atoms with Gasteiger partial charge in [-0.25, -0.2) is 24.6 Å². The molecular formula is C91H68N26O12S2. The van der Waals surface area contributed by atoms with Crippen LogP contribution in [0.1, 0.15) is 89.6 Å². The zero-order chi connectivity index (χ0) is 91.8. The van der Waals surface area contributed by atoms with Crippen LogP contribution in [0.15, 0.2) is 319 Å². The highest BCUT2D eigenvalue weighted by Crippen LogP contribution is 2.45. The minimum absolute atomic E-state index is 0.00882. The van der Waals surface area contributed by atoms with Crippen molar-refractivity contribution in [2.24, 2.45) is 58.1 Å². The van der Waals surface area contributed by atoms with Crippen molar-refractivity contribution in [3.63, 3.8) is 0 Å². The number of anilines is 4. The summed E-state index contributed by atoms with van der Waals surface area (Å²) in [5, 5.41) is 107. The molecule has 0 aliphatic heterocycles. The van der Waals surface area contributed by atoms with Gasteiger partial charge in [0.1, 0.15) is 45.4 Å². The van der Waals surface area contributed by atoms with Crippen LogP contribution in [-0.2, 0) is 0 Å². The number of pyridine rings is 2. The SMILES string of the molecule is Cc1noc(N=Nc2c(O)c(C(=O)Nc3ccccn3)cc3ccccc23)c1C.Cc1nsc(N=Nc2c(O)c(C(=O)Nc3ccccc3)cc3ccccc23)c1C(N)=O.NC(=O)c1c(N=Nc2c(O)c(C(=O)Nc3ccccc3)cc3ccccc23)cnn1-c1nccs1.NC(=O)c1cn(-c2ncccn2)nc1N=Nc1c(O)c(C(=O)Nc2ccncc2)cc2ccccc12. The van der Waals surface area contributed by atoms with E-state index in [4.69, 9.17) is 21.7 Å². The third kappa shape index (κ3) is 19.8. The van der Waals surface area contributed by atoms with Crippen LogP contribution in [-0.4, -0.2) is 116 Å². The average molecular weight is 1780 g/mol. The molecule has 0 saturated carbocycles. The molecule has 646 valence electrons. The molecule has 0 radical (unpaired) electrons. The molecule has 40 heteroatoms. The van der Waals surface area contributed by atoms with E-state index in [1.807, 2.05) is 49.4 Å². The second-order valence-corrected chi connectivity index (χ2v) is 29.5. The van der Waals surface area contributed by atoms with Crippen LogP contribution in [0.2, 0.25) is 0 Å². The number of azo groups is 4. The van der Waals surface area contributed by atoms with Crippen LogP contribution >= 0.6 is 22.9 Å². The maximum atomic E-state index is 13.0. The van der Waals surface area contributed by atoms with E-state index in [0.717, 1.165) is 22.5 Å². The molecule has 18 rings (SSSR count). The summed E-state index contributed by atoms with van der Waals surface area (Å²) in [6, 6.07) is 62.8. The van der Waals surface area contributed by atoms with Gasteiger partial charge in [0.05, 0.1) is 39.8 Å². The van der Waals surface area contributed by atoms with Crippen molar-refractivity contribution in [3.05, 3.63) is 329 Å². The van der Waals surface area contributed by atoms with E-state index in [-0.39, 0.29) is 107 Å². The highest BCUT2D eigenvalue weighted by molar-refractivity contribution is 7.12. The molecule has 0 unspecified atom stereocenters. The Morgan fingerprint density at radius 1 is 0.427 bits per heavy atom. The minimum atomic E-state index is -0.786. The quantitative estimate of drug-likeness (QED) is 0.0298. The molecule has 131 heavy (non-hydrogen) atoms. The number of benzene rings is 10. The van der Waals surface area contributed by atoms with Crippen LogP contribution in [0.5, 0.6) is 23.0 Å². The van der Waals surface area contributed by atoms with Gasteiger partial charge in [0.2, 0.25) is 10.9 Å². The largest absolute Gasteiger partial charge is 0.505 e. The molecule has 0 aliphatic rings. The first-order valence-electron chi connectivity index (χ1n) is 39.0. The van der Waals surface area contributed by atoms with Gasteiger partial charge >= 0.3 is 0 Å². The van der Waals surface area contributed by atoms with E-state index in [0.29, 0.717) is 77.1 Å². The lowest BCUT2D eigenvalue weighted by Crippen LogP contribution is -2.16. The summed E-state index contributed by atoms with van der Waals surface area (Å²) in [7, 11) is 0. The smallest absolute Gasteiger partial charge is 0.272 e. The highest BCUT2D eigenvalue weighted by Gasteiger charge is 2.27.